The van der Waals surface area contributed by atoms with Crippen LogP contribution in [0.5, 0.6) is 11.5 Å². The molecule has 2 amide bonds. The molecular weight excluding hydrogens is 340 g/mol. The minimum absolute atomic E-state index is 0.146. The van der Waals surface area contributed by atoms with Gasteiger partial charge in [0.2, 0.25) is 12.7 Å². The van der Waals surface area contributed by atoms with Crippen LogP contribution in [0, 0.1) is 13.8 Å². The van der Waals surface area contributed by atoms with Gasteiger partial charge < -0.3 is 9.47 Å². The number of carbonyl (C=O) groups is 2. The fourth-order valence-corrected chi connectivity index (χ4v) is 3.19. The molecule has 0 unspecified atom stereocenters. The van der Waals surface area contributed by atoms with Gasteiger partial charge >= 0.3 is 0 Å². The molecule has 7 heteroatoms. The molecule has 0 bridgehead atoms. The number of amides is 2. The van der Waals surface area contributed by atoms with Crippen LogP contribution in [-0.2, 0) is 4.79 Å². The second kappa shape index (κ2) is 7.48. The maximum atomic E-state index is 12.1. The van der Waals surface area contributed by atoms with E-state index in [1.54, 1.807) is 18.2 Å². The summed E-state index contributed by atoms with van der Waals surface area (Å²) < 4.78 is 10.4. The van der Waals surface area contributed by atoms with E-state index in [4.69, 9.17) is 9.47 Å². The van der Waals surface area contributed by atoms with E-state index >= 15 is 0 Å². The third-order valence-corrected chi connectivity index (χ3v) is 4.81. The summed E-state index contributed by atoms with van der Waals surface area (Å²) in [6, 6.07) is 10.9. The highest BCUT2D eigenvalue weighted by Gasteiger charge is 2.16. The van der Waals surface area contributed by atoms with Crippen molar-refractivity contribution in [1.82, 2.24) is 10.9 Å². The SMILES string of the molecule is Cc1ccc(SCC(=O)NNC(=O)c2ccc3c(c2)OCO3)c(C)c1. The van der Waals surface area contributed by atoms with Crippen molar-refractivity contribution in [2.45, 2.75) is 18.7 Å². The zero-order valence-electron chi connectivity index (χ0n) is 13.9. The van der Waals surface area contributed by atoms with Crippen LogP contribution in [0.2, 0.25) is 0 Å². The monoisotopic (exact) mass is 358 g/mol. The van der Waals surface area contributed by atoms with Gasteiger partial charge in [0.25, 0.3) is 5.91 Å². The van der Waals surface area contributed by atoms with Crippen LogP contribution in [0.4, 0.5) is 0 Å². The number of hydrogen-bond donors (Lipinski definition) is 2. The second-order valence-electron chi connectivity index (χ2n) is 5.63. The van der Waals surface area contributed by atoms with E-state index in [1.807, 2.05) is 26.0 Å². The molecule has 0 saturated heterocycles. The quantitative estimate of drug-likeness (QED) is 0.649. The van der Waals surface area contributed by atoms with Crippen LogP contribution in [0.15, 0.2) is 41.3 Å². The van der Waals surface area contributed by atoms with E-state index in [2.05, 4.69) is 16.9 Å². The molecule has 1 aliphatic rings. The van der Waals surface area contributed by atoms with E-state index in [-0.39, 0.29) is 18.5 Å². The summed E-state index contributed by atoms with van der Waals surface area (Å²) in [5.74, 6) is 0.641. The zero-order chi connectivity index (χ0) is 17.8. The van der Waals surface area contributed by atoms with Gasteiger partial charge in [0, 0.05) is 10.5 Å². The molecule has 0 aromatic heterocycles. The van der Waals surface area contributed by atoms with Crippen molar-refractivity contribution in [3.05, 3.63) is 53.1 Å². The van der Waals surface area contributed by atoms with Gasteiger partial charge in [-0.25, -0.2) is 0 Å². The fourth-order valence-electron chi connectivity index (χ4n) is 2.38. The lowest BCUT2D eigenvalue weighted by Crippen LogP contribution is -2.42. The number of thioether (sulfide) groups is 1. The Bertz CT molecular complexity index is 823. The molecule has 0 atom stereocenters. The minimum Gasteiger partial charge on any atom is -0.454 e. The molecule has 0 spiro atoms. The summed E-state index contributed by atoms with van der Waals surface area (Å²) in [5, 5.41) is 0. The number of aryl methyl sites for hydroxylation is 2. The Balaban J connectivity index is 1.49. The number of fused-ring (bicyclic) bond motifs is 1. The molecule has 3 rings (SSSR count). The topological polar surface area (TPSA) is 76.7 Å². The van der Waals surface area contributed by atoms with Crippen LogP contribution < -0.4 is 20.3 Å². The van der Waals surface area contributed by atoms with Crippen molar-refractivity contribution in [3.8, 4) is 11.5 Å². The largest absolute Gasteiger partial charge is 0.454 e. The smallest absolute Gasteiger partial charge is 0.269 e. The average molecular weight is 358 g/mol. The summed E-state index contributed by atoms with van der Waals surface area (Å²) in [6.45, 7) is 4.18. The molecule has 25 heavy (non-hydrogen) atoms. The molecule has 1 heterocycles. The first kappa shape index (κ1) is 17.2. The van der Waals surface area contributed by atoms with Crippen LogP contribution in [0.1, 0.15) is 21.5 Å². The van der Waals surface area contributed by atoms with Crippen molar-refractivity contribution < 1.29 is 19.1 Å². The molecule has 1 aliphatic heterocycles. The van der Waals surface area contributed by atoms with Gasteiger partial charge in [0.15, 0.2) is 11.5 Å². The third-order valence-electron chi connectivity index (χ3n) is 3.64. The number of rotatable bonds is 4. The van der Waals surface area contributed by atoms with Crippen LogP contribution in [0.25, 0.3) is 0 Å². The van der Waals surface area contributed by atoms with Crippen molar-refractivity contribution in [2.75, 3.05) is 12.5 Å². The Morgan fingerprint density at radius 2 is 1.84 bits per heavy atom. The van der Waals surface area contributed by atoms with Crippen molar-refractivity contribution in [2.24, 2.45) is 0 Å². The highest BCUT2D eigenvalue weighted by Crippen LogP contribution is 2.32. The Labute approximate surface area is 149 Å². The number of carbonyl (C=O) groups excluding carboxylic acids is 2. The molecule has 6 nitrogen and oxygen atoms in total. The Kier molecular flexibility index (Phi) is 5.14. The molecule has 0 saturated carbocycles. The van der Waals surface area contributed by atoms with E-state index in [1.165, 1.54) is 17.3 Å². The standard InChI is InChI=1S/C18H18N2O4S/c1-11-3-6-16(12(2)7-11)25-9-17(21)19-20-18(22)13-4-5-14-15(8-13)24-10-23-14/h3-8H,9-10H2,1-2H3,(H,19,21)(H,20,22). The molecule has 2 aromatic rings. The maximum absolute atomic E-state index is 12.1. The van der Waals surface area contributed by atoms with Crippen LogP contribution in [0.3, 0.4) is 0 Å². The first-order valence-corrected chi connectivity index (χ1v) is 8.70. The van der Waals surface area contributed by atoms with Gasteiger partial charge in [-0.1, -0.05) is 17.7 Å². The van der Waals surface area contributed by atoms with Gasteiger partial charge in [-0.15, -0.1) is 11.8 Å². The van der Waals surface area contributed by atoms with E-state index < -0.39 is 5.91 Å². The van der Waals surface area contributed by atoms with Gasteiger partial charge in [-0.3, -0.25) is 20.4 Å². The van der Waals surface area contributed by atoms with E-state index in [9.17, 15) is 9.59 Å². The Morgan fingerprint density at radius 1 is 1.04 bits per heavy atom. The predicted molar refractivity (Wildman–Crippen MR) is 94.8 cm³/mol. The molecule has 0 fully saturated rings. The number of hydrogen-bond acceptors (Lipinski definition) is 5. The third kappa shape index (κ3) is 4.24. The second-order valence-corrected chi connectivity index (χ2v) is 6.65. The lowest BCUT2D eigenvalue weighted by atomic mass is 10.2. The highest BCUT2D eigenvalue weighted by molar-refractivity contribution is 8.00. The normalized spacial score (nSPS) is 11.9. The van der Waals surface area contributed by atoms with Gasteiger partial charge in [-0.2, -0.15) is 0 Å². The number of benzene rings is 2. The predicted octanol–water partition coefficient (Wildman–Crippen LogP) is 2.59. The summed E-state index contributed by atoms with van der Waals surface area (Å²) in [6.07, 6.45) is 0. The van der Waals surface area contributed by atoms with Crippen LogP contribution in [-0.4, -0.2) is 24.4 Å². The van der Waals surface area contributed by atoms with E-state index in [0.717, 1.165) is 10.5 Å². The molecule has 2 N–H and O–H groups in total. The number of hydrazine groups is 1. The zero-order valence-corrected chi connectivity index (χ0v) is 14.7. The van der Waals surface area contributed by atoms with Crippen molar-refractivity contribution in [1.29, 1.82) is 0 Å². The average Bonchev–Trinajstić information content (AvgIpc) is 3.06. The molecule has 0 aliphatic carbocycles. The first-order chi connectivity index (χ1) is 12.0. The van der Waals surface area contributed by atoms with E-state index in [0.29, 0.717) is 17.1 Å². The van der Waals surface area contributed by atoms with Gasteiger partial charge in [0.1, 0.15) is 0 Å². The summed E-state index contributed by atoms with van der Waals surface area (Å²) in [7, 11) is 0. The maximum Gasteiger partial charge on any atom is 0.269 e. The summed E-state index contributed by atoms with van der Waals surface area (Å²) in [5.41, 5.74) is 7.51. The molecule has 0 radical (unpaired) electrons. The van der Waals surface area contributed by atoms with Crippen LogP contribution >= 0.6 is 11.8 Å². The summed E-state index contributed by atoms with van der Waals surface area (Å²) in [4.78, 5) is 25.1. The molecule has 130 valence electrons. The molecular formula is C18H18N2O4S. The number of ether oxygens (including phenoxy) is 2. The van der Waals surface area contributed by atoms with Gasteiger partial charge in [0.05, 0.1) is 5.75 Å². The minimum atomic E-state index is -0.414. The summed E-state index contributed by atoms with van der Waals surface area (Å²) >= 11 is 1.43. The lowest BCUT2D eigenvalue weighted by Gasteiger charge is -2.09. The fraction of sp³-hybridized carbons (Fsp3) is 0.222. The Hall–Kier alpha value is -2.67. The Morgan fingerprint density at radius 3 is 2.64 bits per heavy atom. The lowest BCUT2D eigenvalue weighted by molar-refractivity contribution is -0.119. The highest BCUT2D eigenvalue weighted by atomic mass is 32.2. The van der Waals surface area contributed by atoms with Gasteiger partial charge in [-0.05, 0) is 43.7 Å². The van der Waals surface area contributed by atoms with Crippen molar-refractivity contribution >= 4 is 23.6 Å². The van der Waals surface area contributed by atoms with Crippen molar-refractivity contribution in [3.63, 3.8) is 0 Å². The molecule has 2 aromatic carbocycles. The number of nitrogens with one attached hydrogen (secondary N) is 2. The first-order valence-electron chi connectivity index (χ1n) is 7.72.